The molecule has 6 rings (SSSR count). The molecule has 2 aromatic carbocycles. The molecule has 9 heteroatoms. The third kappa shape index (κ3) is 4.58. The molecule has 1 saturated heterocycles. The van der Waals surface area contributed by atoms with Gasteiger partial charge in [-0.3, -0.25) is 0 Å². The number of fused-ring (bicyclic) bond motifs is 1. The Morgan fingerprint density at radius 1 is 1.03 bits per heavy atom. The summed E-state index contributed by atoms with van der Waals surface area (Å²) in [6.45, 7) is 3.93. The Kier molecular flexibility index (Phi) is 6.46. The van der Waals surface area contributed by atoms with Crippen molar-refractivity contribution in [2.24, 2.45) is 5.92 Å². The summed E-state index contributed by atoms with van der Waals surface area (Å²) >= 11 is 0. The zero-order valence-corrected chi connectivity index (χ0v) is 21.0. The number of ether oxygens (including phenoxy) is 1. The van der Waals surface area contributed by atoms with Crippen LogP contribution in [0.3, 0.4) is 0 Å². The van der Waals surface area contributed by atoms with Crippen LogP contribution in [0.25, 0.3) is 22.2 Å². The molecule has 1 aliphatic heterocycles. The van der Waals surface area contributed by atoms with E-state index in [1.165, 1.54) is 12.7 Å². The average Bonchev–Trinajstić information content (AvgIpc) is 3.61. The zero-order valence-electron chi connectivity index (χ0n) is 21.0. The maximum Gasteiger partial charge on any atom is 0.213 e. The van der Waals surface area contributed by atoms with Crippen molar-refractivity contribution in [3.63, 3.8) is 0 Å². The first-order valence-corrected chi connectivity index (χ1v) is 12.6. The van der Waals surface area contributed by atoms with Gasteiger partial charge in [0, 0.05) is 11.5 Å². The number of nitrogen functional groups attached to an aromatic ring is 1. The third-order valence-electron chi connectivity index (χ3n) is 6.81. The average molecular weight is 506 g/mol. The van der Waals surface area contributed by atoms with Crippen molar-refractivity contribution in [1.29, 1.82) is 0 Å². The first-order chi connectivity index (χ1) is 18.7. The number of rotatable bonds is 5. The first kappa shape index (κ1) is 23.7. The summed E-state index contributed by atoms with van der Waals surface area (Å²) in [6, 6.07) is 17.3. The predicted octanol–water partition coefficient (Wildman–Crippen LogP) is 4.82. The molecule has 1 unspecified atom stereocenters. The number of hydrogen-bond donors (Lipinski definition) is 2. The summed E-state index contributed by atoms with van der Waals surface area (Å²) in [5.74, 6) is 9.76. The fourth-order valence-electron chi connectivity index (χ4n) is 4.87. The summed E-state index contributed by atoms with van der Waals surface area (Å²) < 4.78 is 13.1. The lowest BCUT2D eigenvalue weighted by Crippen LogP contribution is -2.27. The van der Waals surface area contributed by atoms with Gasteiger partial charge in [0.1, 0.15) is 35.0 Å². The van der Waals surface area contributed by atoms with E-state index in [4.69, 9.17) is 15.0 Å². The summed E-state index contributed by atoms with van der Waals surface area (Å²) in [5, 5.41) is 8.24. The number of nitrogens with one attached hydrogen (secondary N) is 1. The smallest absolute Gasteiger partial charge is 0.213 e. The number of piperidine rings is 1. The standard InChI is InChI=1S/C29H27N7O2/c1-19(28-34-18-37-35-28)36-24(12-7-20-13-15-31-16-14-20)25(26-27(30)32-17-33-29(26)36)21-8-10-23(11-9-21)38-22-5-3-2-4-6-22/h2-6,8-11,17-20,31H,13-16H2,1H3,(H2,30,32,33). The van der Waals surface area contributed by atoms with E-state index in [2.05, 4.69) is 37.3 Å². The molecule has 0 aliphatic carbocycles. The predicted molar refractivity (Wildman–Crippen MR) is 144 cm³/mol. The lowest BCUT2D eigenvalue weighted by atomic mass is 9.98. The van der Waals surface area contributed by atoms with Gasteiger partial charge in [-0.25, -0.2) is 9.97 Å². The number of para-hydroxylation sites is 1. The largest absolute Gasteiger partial charge is 0.457 e. The van der Waals surface area contributed by atoms with Crippen molar-refractivity contribution in [1.82, 2.24) is 30.0 Å². The van der Waals surface area contributed by atoms with E-state index < -0.39 is 0 Å². The first-order valence-electron chi connectivity index (χ1n) is 12.6. The number of hydrogen-bond acceptors (Lipinski definition) is 8. The molecule has 9 nitrogen and oxygen atoms in total. The van der Waals surface area contributed by atoms with Gasteiger partial charge >= 0.3 is 0 Å². The van der Waals surface area contributed by atoms with Gasteiger partial charge in [0.05, 0.1) is 11.4 Å². The molecule has 1 fully saturated rings. The Morgan fingerprint density at radius 2 is 1.79 bits per heavy atom. The van der Waals surface area contributed by atoms with Crippen LogP contribution in [0.4, 0.5) is 5.82 Å². The molecule has 1 aliphatic rings. The van der Waals surface area contributed by atoms with Crippen LogP contribution in [-0.4, -0.2) is 37.8 Å². The second-order valence-electron chi connectivity index (χ2n) is 9.25. The molecule has 38 heavy (non-hydrogen) atoms. The normalized spacial score (nSPS) is 14.7. The van der Waals surface area contributed by atoms with Crippen molar-refractivity contribution in [2.75, 3.05) is 18.8 Å². The quantitative estimate of drug-likeness (QED) is 0.327. The highest BCUT2D eigenvalue weighted by atomic mass is 16.5. The molecule has 190 valence electrons. The highest BCUT2D eigenvalue weighted by Crippen LogP contribution is 2.39. The fourth-order valence-corrected chi connectivity index (χ4v) is 4.87. The molecule has 1 atom stereocenters. The number of benzene rings is 2. The molecule has 0 spiro atoms. The van der Waals surface area contributed by atoms with E-state index in [1.807, 2.05) is 66.1 Å². The molecule has 4 heterocycles. The minimum Gasteiger partial charge on any atom is -0.457 e. The van der Waals surface area contributed by atoms with E-state index in [0.29, 0.717) is 23.2 Å². The number of anilines is 1. The molecular formula is C29H27N7O2. The van der Waals surface area contributed by atoms with Crippen molar-refractivity contribution >= 4 is 16.9 Å². The summed E-state index contributed by atoms with van der Waals surface area (Å²) in [5.41, 5.74) is 9.74. The van der Waals surface area contributed by atoms with E-state index >= 15 is 0 Å². The SMILES string of the molecule is CC(c1ncon1)n1c(C#CC2CCNCC2)c(-c2ccc(Oc3ccccc3)cc2)c2c(N)ncnc21. The molecule has 0 bridgehead atoms. The second-order valence-corrected chi connectivity index (χ2v) is 9.25. The number of nitrogens with two attached hydrogens (primary N) is 1. The zero-order chi connectivity index (χ0) is 25.9. The van der Waals surface area contributed by atoms with E-state index in [0.717, 1.165) is 59.6 Å². The Labute approximate surface area is 220 Å². The molecule has 0 radical (unpaired) electrons. The lowest BCUT2D eigenvalue weighted by molar-refractivity contribution is 0.402. The Morgan fingerprint density at radius 3 is 2.53 bits per heavy atom. The van der Waals surface area contributed by atoms with E-state index in [-0.39, 0.29) is 6.04 Å². The maximum atomic E-state index is 6.47. The third-order valence-corrected chi connectivity index (χ3v) is 6.81. The maximum absolute atomic E-state index is 6.47. The van der Waals surface area contributed by atoms with Crippen LogP contribution in [0.1, 0.15) is 37.3 Å². The van der Waals surface area contributed by atoms with Gasteiger partial charge in [-0.05, 0) is 68.6 Å². The minimum absolute atomic E-state index is 0.294. The Hall–Kier alpha value is -4.68. The fraction of sp³-hybridized carbons (Fsp3) is 0.241. The van der Waals surface area contributed by atoms with Crippen molar-refractivity contribution in [3.05, 3.63) is 78.8 Å². The summed E-state index contributed by atoms with van der Waals surface area (Å²) in [6.07, 6.45) is 4.82. The van der Waals surface area contributed by atoms with Gasteiger partial charge in [-0.2, -0.15) is 4.98 Å². The van der Waals surface area contributed by atoms with Crippen molar-refractivity contribution in [3.8, 4) is 34.5 Å². The molecular weight excluding hydrogens is 478 g/mol. The van der Waals surface area contributed by atoms with Crippen LogP contribution < -0.4 is 15.8 Å². The van der Waals surface area contributed by atoms with Crippen molar-refractivity contribution < 1.29 is 9.26 Å². The van der Waals surface area contributed by atoms with Crippen LogP contribution in [0.5, 0.6) is 11.5 Å². The minimum atomic E-state index is -0.294. The van der Waals surface area contributed by atoms with Gasteiger partial charge < -0.3 is 24.9 Å². The molecule has 0 saturated carbocycles. The summed E-state index contributed by atoms with van der Waals surface area (Å²) in [7, 11) is 0. The van der Waals surface area contributed by atoms with Crippen LogP contribution >= 0.6 is 0 Å². The lowest BCUT2D eigenvalue weighted by Gasteiger charge is -2.17. The monoisotopic (exact) mass is 505 g/mol. The number of aromatic nitrogens is 5. The molecule has 3 aromatic heterocycles. The number of nitrogens with zero attached hydrogens (tertiary/aromatic N) is 5. The second kappa shape index (κ2) is 10.4. The Balaban J connectivity index is 1.51. The highest BCUT2D eigenvalue weighted by Gasteiger charge is 2.26. The van der Waals surface area contributed by atoms with Gasteiger partial charge in [0.15, 0.2) is 5.82 Å². The van der Waals surface area contributed by atoms with Gasteiger partial charge in [0.2, 0.25) is 6.39 Å². The van der Waals surface area contributed by atoms with Gasteiger partial charge in [-0.1, -0.05) is 41.4 Å². The van der Waals surface area contributed by atoms with Crippen LogP contribution in [-0.2, 0) is 0 Å². The highest BCUT2D eigenvalue weighted by molar-refractivity contribution is 6.03. The topological polar surface area (TPSA) is 117 Å². The van der Waals surface area contributed by atoms with Crippen LogP contribution in [0.2, 0.25) is 0 Å². The van der Waals surface area contributed by atoms with Crippen LogP contribution in [0.15, 0.2) is 71.8 Å². The summed E-state index contributed by atoms with van der Waals surface area (Å²) in [4.78, 5) is 13.2. The molecule has 5 aromatic rings. The molecule has 3 N–H and O–H groups in total. The van der Waals surface area contributed by atoms with Crippen LogP contribution in [0, 0.1) is 17.8 Å². The Bertz CT molecular complexity index is 1590. The van der Waals surface area contributed by atoms with Gasteiger partial charge in [0.25, 0.3) is 0 Å². The van der Waals surface area contributed by atoms with E-state index in [9.17, 15) is 0 Å². The van der Waals surface area contributed by atoms with Gasteiger partial charge in [-0.15, -0.1) is 0 Å². The van der Waals surface area contributed by atoms with Crippen molar-refractivity contribution in [2.45, 2.75) is 25.8 Å². The van der Waals surface area contributed by atoms with E-state index in [1.54, 1.807) is 0 Å². The molecule has 0 amide bonds.